The van der Waals surface area contributed by atoms with Gasteiger partial charge in [-0.05, 0) is 112 Å². The number of ether oxygens (including phenoxy) is 3. The number of fused-ring (bicyclic) bond motifs is 4. The van der Waals surface area contributed by atoms with Gasteiger partial charge in [-0.1, -0.05) is 29.8 Å². The van der Waals surface area contributed by atoms with Crippen molar-refractivity contribution in [1.82, 2.24) is 14.5 Å². The Hall–Kier alpha value is -3.71. The number of methoxy groups -OCH3 is 1. The second-order valence-electron chi connectivity index (χ2n) is 14.8. The number of anilines is 1. The Morgan fingerprint density at radius 2 is 1.98 bits per heavy atom. The molecular formula is C38H46ClN5O6S. The van der Waals surface area contributed by atoms with Gasteiger partial charge in [0.25, 0.3) is 11.8 Å². The molecule has 3 aromatic rings. The minimum atomic E-state index is -3.90. The number of hydrogen-bond donors (Lipinski definition) is 1. The monoisotopic (exact) mass is 735 g/mol. The number of nitrogens with one attached hydrogen (secondary N) is 1. The van der Waals surface area contributed by atoms with Crippen LogP contribution in [0.5, 0.6) is 5.75 Å². The molecular weight excluding hydrogens is 690 g/mol. The number of nitrogens with zero attached hydrogens (tertiary/aromatic N) is 4. The van der Waals surface area contributed by atoms with Crippen molar-refractivity contribution < 1.29 is 28.0 Å². The summed E-state index contributed by atoms with van der Waals surface area (Å²) >= 11 is 6.47. The number of hydrogen-bond acceptors (Lipinski definition) is 8. The van der Waals surface area contributed by atoms with E-state index in [4.69, 9.17) is 25.8 Å². The fourth-order valence-electron chi connectivity index (χ4n) is 7.92. The highest BCUT2D eigenvalue weighted by Gasteiger charge is 2.45. The molecule has 5 atom stereocenters. The first-order valence-corrected chi connectivity index (χ1v) is 19.5. The molecule has 0 radical (unpaired) electrons. The summed E-state index contributed by atoms with van der Waals surface area (Å²) in [5.41, 5.74) is 2.27. The average molecular weight is 736 g/mol. The lowest BCUT2D eigenvalue weighted by molar-refractivity contribution is -0.137. The lowest BCUT2D eigenvalue weighted by atomic mass is 9.68. The van der Waals surface area contributed by atoms with Gasteiger partial charge in [0.15, 0.2) is 15.6 Å². The van der Waals surface area contributed by atoms with E-state index in [2.05, 4.69) is 31.2 Å². The molecule has 272 valence electrons. The van der Waals surface area contributed by atoms with E-state index in [-0.39, 0.29) is 34.6 Å². The number of carbonyl (C=O) groups is 2. The topological polar surface area (TPSA) is 124 Å². The van der Waals surface area contributed by atoms with Gasteiger partial charge < -0.3 is 19.1 Å². The van der Waals surface area contributed by atoms with E-state index in [0.717, 1.165) is 48.5 Å². The molecule has 2 bridgehead atoms. The maximum absolute atomic E-state index is 15.1. The van der Waals surface area contributed by atoms with Gasteiger partial charge >= 0.3 is 0 Å². The Kier molecular flexibility index (Phi) is 9.58. The number of aryl methyl sites for hydroxylation is 3. The molecule has 11 nitrogen and oxygen atoms in total. The number of benzene rings is 2. The number of halogens is 1. The second kappa shape index (κ2) is 13.7. The Labute approximate surface area is 305 Å². The van der Waals surface area contributed by atoms with Crippen LogP contribution in [0.3, 0.4) is 0 Å². The van der Waals surface area contributed by atoms with Gasteiger partial charge in [-0.25, -0.2) is 4.21 Å². The Balaban J connectivity index is 1.37. The smallest absolute Gasteiger partial charge is 0.287 e. The number of rotatable bonds is 3. The largest absolute Gasteiger partial charge is 0.490 e. The molecule has 2 aliphatic heterocycles. The van der Waals surface area contributed by atoms with Crippen molar-refractivity contribution in [3.8, 4) is 5.75 Å². The highest BCUT2D eigenvalue weighted by atomic mass is 35.5. The van der Waals surface area contributed by atoms with Crippen molar-refractivity contribution in [2.75, 3.05) is 38.3 Å². The van der Waals surface area contributed by atoms with Crippen LogP contribution in [-0.2, 0) is 43.1 Å². The Bertz CT molecular complexity index is 2000. The van der Waals surface area contributed by atoms with Gasteiger partial charge in [0.1, 0.15) is 11.4 Å². The summed E-state index contributed by atoms with van der Waals surface area (Å²) in [6.45, 7) is 6.93. The van der Waals surface area contributed by atoms with Crippen molar-refractivity contribution in [3.63, 3.8) is 0 Å². The third kappa shape index (κ3) is 6.83. The van der Waals surface area contributed by atoms with Crippen molar-refractivity contribution in [3.05, 3.63) is 82.2 Å². The fourth-order valence-corrected chi connectivity index (χ4v) is 9.71. The maximum Gasteiger partial charge on any atom is 0.287 e. The van der Waals surface area contributed by atoms with Gasteiger partial charge in [0.05, 0.1) is 29.9 Å². The van der Waals surface area contributed by atoms with E-state index in [9.17, 15) is 9.59 Å². The first-order valence-electron chi connectivity index (χ1n) is 17.6. The summed E-state index contributed by atoms with van der Waals surface area (Å²) in [5, 5.41) is 4.99. The zero-order chi connectivity index (χ0) is 36.1. The van der Waals surface area contributed by atoms with Crippen molar-refractivity contribution >= 4 is 39.0 Å². The summed E-state index contributed by atoms with van der Waals surface area (Å²) in [4.78, 5) is 29.9. The molecule has 51 heavy (non-hydrogen) atoms. The highest BCUT2D eigenvalue weighted by Crippen LogP contribution is 2.47. The third-order valence-electron chi connectivity index (χ3n) is 11.1. The molecule has 2 aliphatic carbocycles. The normalized spacial score (nSPS) is 29.4. The van der Waals surface area contributed by atoms with E-state index in [0.29, 0.717) is 31.4 Å². The first kappa shape index (κ1) is 35.7. The number of amides is 2. The zero-order valence-corrected chi connectivity index (χ0v) is 31.4. The van der Waals surface area contributed by atoms with Crippen molar-refractivity contribution in [2.45, 2.75) is 74.9 Å². The van der Waals surface area contributed by atoms with E-state index >= 15 is 4.21 Å². The molecule has 1 unspecified atom stereocenters. The predicted molar refractivity (Wildman–Crippen MR) is 196 cm³/mol. The molecule has 1 spiro atoms. The van der Waals surface area contributed by atoms with Crippen LogP contribution in [0, 0.1) is 18.8 Å². The molecule has 3 heterocycles. The van der Waals surface area contributed by atoms with Crippen LogP contribution in [0.1, 0.15) is 66.8 Å². The van der Waals surface area contributed by atoms with Gasteiger partial charge in [0.2, 0.25) is 0 Å². The van der Waals surface area contributed by atoms with Crippen LogP contribution in [0.4, 0.5) is 5.69 Å². The molecule has 4 aliphatic rings. The highest BCUT2D eigenvalue weighted by molar-refractivity contribution is 7.92. The minimum Gasteiger partial charge on any atom is -0.490 e. The van der Waals surface area contributed by atoms with Gasteiger partial charge in [-0.2, -0.15) is 5.10 Å². The molecule has 7 rings (SSSR count). The van der Waals surface area contributed by atoms with Gasteiger partial charge in [0, 0.05) is 43.4 Å². The minimum absolute atomic E-state index is 0.0645. The fraction of sp³-hybridized carbons (Fsp3) is 0.500. The summed E-state index contributed by atoms with van der Waals surface area (Å²) < 4.78 is 42.1. The van der Waals surface area contributed by atoms with Crippen LogP contribution >= 0.6 is 11.6 Å². The lowest BCUT2D eigenvalue weighted by Crippen LogP contribution is -2.49. The van der Waals surface area contributed by atoms with Crippen LogP contribution < -0.4 is 14.4 Å². The molecule has 1 saturated carbocycles. The van der Waals surface area contributed by atoms with E-state index < -0.39 is 27.3 Å². The Morgan fingerprint density at radius 3 is 2.71 bits per heavy atom. The summed E-state index contributed by atoms with van der Waals surface area (Å²) in [7, 11) is -0.452. The summed E-state index contributed by atoms with van der Waals surface area (Å²) in [6.07, 6.45) is 8.71. The van der Waals surface area contributed by atoms with Gasteiger partial charge in [-0.3, -0.25) is 19.0 Å². The first-order chi connectivity index (χ1) is 24.3. The number of carbonyl (C=O) groups excluding carboxylic acids is 2. The quantitative estimate of drug-likeness (QED) is 0.327. The Morgan fingerprint density at radius 1 is 1.16 bits per heavy atom. The zero-order valence-electron chi connectivity index (χ0n) is 29.8. The average Bonchev–Trinajstić information content (AvgIpc) is 3.34. The molecule has 2 amide bonds. The van der Waals surface area contributed by atoms with Crippen LogP contribution in [0.2, 0.25) is 5.02 Å². The van der Waals surface area contributed by atoms with E-state index in [1.807, 2.05) is 25.1 Å². The second-order valence-corrected chi connectivity index (χ2v) is 17.2. The summed E-state index contributed by atoms with van der Waals surface area (Å²) in [6, 6.07) is 12.9. The van der Waals surface area contributed by atoms with E-state index in [1.165, 1.54) is 11.1 Å². The predicted octanol–water partition coefficient (Wildman–Crippen LogP) is 5.96. The number of aromatic nitrogens is 2. The van der Waals surface area contributed by atoms with Crippen LogP contribution in [-0.4, -0.2) is 70.9 Å². The SMILES string of the molecule is CO[C@H]1/C=C/COC(C)(C)C(=O)N=S(=O)(NC(=O)c2cc(C)n(C)n2)c2ccc3c(c2)N(C[C@@H]2CC[C@H]21)C[C@@]1(CCCc2cc(Cl)ccc21)CO3. The molecule has 1 N–H and O–H groups in total. The molecule has 13 heteroatoms. The lowest BCUT2D eigenvalue weighted by Gasteiger charge is -2.46. The molecule has 1 aromatic heterocycles. The maximum atomic E-state index is 15.1. The van der Waals surface area contributed by atoms with Crippen molar-refractivity contribution in [2.24, 2.45) is 23.2 Å². The van der Waals surface area contributed by atoms with E-state index in [1.54, 1.807) is 57.0 Å². The summed E-state index contributed by atoms with van der Waals surface area (Å²) in [5.74, 6) is -0.253. The van der Waals surface area contributed by atoms with Gasteiger partial charge in [-0.15, -0.1) is 4.36 Å². The van der Waals surface area contributed by atoms with Crippen LogP contribution in [0.25, 0.3) is 0 Å². The van der Waals surface area contributed by atoms with Crippen LogP contribution in [0.15, 0.2) is 63.9 Å². The standard InChI is InChI=1S/C38H46ClN5O6S/c1-24-18-31(40-43(24)4)35(45)41-51(47)28-12-15-34-32(20-28)44(22-38(23-49-34)16-6-8-25-19-27(39)11-14-30(25)38)21-26-10-13-29(26)33(48-5)9-7-17-50-37(2,3)36(46)42-51/h7,9,11-12,14-15,18-20,26,29,33H,6,8,10,13,16-17,21-23H2,1-5H3,(H,41,42,45,46,47)/b9-7+/t26-,29+,33-,38-,51?/m0/s1. The third-order valence-corrected chi connectivity index (χ3v) is 13.1. The molecule has 1 fully saturated rings. The molecule has 2 aromatic carbocycles. The molecule has 0 saturated heterocycles. The van der Waals surface area contributed by atoms with Crippen molar-refractivity contribution in [1.29, 1.82) is 0 Å².